The number of hydrogen-bond acceptors (Lipinski definition) is 6. The maximum atomic E-state index is 12.5. The second-order valence-electron chi connectivity index (χ2n) is 5.10. The first-order valence-electron chi connectivity index (χ1n) is 7.00. The van der Waals surface area contributed by atoms with Crippen molar-refractivity contribution in [2.45, 2.75) is 9.10 Å². The Kier molecular flexibility index (Phi) is 3.75. The van der Waals surface area contributed by atoms with Crippen molar-refractivity contribution in [1.29, 1.82) is 0 Å². The van der Waals surface area contributed by atoms with Gasteiger partial charge in [-0.05, 0) is 17.5 Å². The minimum Gasteiger partial charge on any atom is -0.424 e. The molecule has 0 saturated carbocycles. The van der Waals surface area contributed by atoms with Crippen molar-refractivity contribution >= 4 is 55.6 Å². The molecule has 2 heterocycles. The molecule has 0 radical (unpaired) electrons. The maximum absolute atomic E-state index is 12.5. The summed E-state index contributed by atoms with van der Waals surface area (Å²) >= 11 is 2.50. The topological polar surface area (TPSA) is 72.5 Å². The summed E-state index contributed by atoms with van der Waals surface area (Å²) in [6.45, 7) is 0. The van der Waals surface area contributed by atoms with Crippen molar-refractivity contribution in [3.05, 3.63) is 47.8 Å². The lowest BCUT2D eigenvalue weighted by atomic mass is 10.1. The SMILES string of the molecule is O=C1CSc2cc(NS(=O)(=O)c3cccs3)c3ccccc3c2O1. The lowest BCUT2D eigenvalue weighted by Gasteiger charge is -2.19. The molecule has 3 aromatic rings. The molecule has 0 amide bonds. The van der Waals surface area contributed by atoms with Crippen LogP contribution in [0.2, 0.25) is 0 Å². The summed E-state index contributed by atoms with van der Waals surface area (Å²) in [6, 6.07) is 12.2. The molecule has 8 heteroatoms. The maximum Gasteiger partial charge on any atom is 0.321 e. The highest BCUT2D eigenvalue weighted by atomic mass is 32.2. The lowest BCUT2D eigenvalue weighted by Crippen LogP contribution is -2.17. The van der Waals surface area contributed by atoms with Gasteiger partial charge in [0.25, 0.3) is 10.0 Å². The fourth-order valence-electron chi connectivity index (χ4n) is 2.51. The molecule has 4 rings (SSSR count). The molecule has 2 aromatic carbocycles. The minimum atomic E-state index is -3.65. The second-order valence-corrected chi connectivity index (χ2v) is 8.97. The highest BCUT2D eigenvalue weighted by Crippen LogP contribution is 2.43. The van der Waals surface area contributed by atoms with Crippen molar-refractivity contribution in [2.75, 3.05) is 10.5 Å². The molecule has 0 saturated heterocycles. The second kappa shape index (κ2) is 5.80. The number of thioether (sulfide) groups is 1. The number of anilines is 1. The number of carbonyl (C=O) groups is 1. The summed E-state index contributed by atoms with van der Waals surface area (Å²) in [6.07, 6.45) is 0. The summed E-state index contributed by atoms with van der Waals surface area (Å²) in [5.74, 6) is 0.401. The highest BCUT2D eigenvalue weighted by molar-refractivity contribution is 8.00. The fourth-order valence-corrected chi connectivity index (χ4v) is 5.39. The van der Waals surface area contributed by atoms with Gasteiger partial charge in [0, 0.05) is 10.8 Å². The van der Waals surface area contributed by atoms with E-state index in [2.05, 4.69) is 4.72 Å². The van der Waals surface area contributed by atoms with Gasteiger partial charge in [0.15, 0.2) is 5.75 Å². The number of carbonyl (C=O) groups excluding carboxylic acids is 1. The first kappa shape index (κ1) is 15.5. The van der Waals surface area contributed by atoms with Crippen LogP contribution in [-0.4, -0.2) is 20.1 Å². The van der Waals surface area contributed by atoms with Crippen molar-refractivity contribution < 1.29 is 17.9 Å². The first-order chi connectivity index (χ1) is 11.5. The zero-order chi connectivity index (χ0) is 16.7. The van der Waals surface area contributed by atoms with Gasteiger partial charge in [0.1, 0.15) is 4.21 Å². The Bertz CT molecular complexity index is 1040. The summed E-state index contributed by atoms with van der Waals surface area (Å²) in [7, 11) is -3.65. The number of rotatable bonds is 3. The van der Waals surface area contributed by atoms with E-state index in [1.807, 2.05) is 18.2 Å². The molecule has 1 aromatic heterocycles. The average Bonchev–Trinajstić information content (AvgIpc) is 3.11. The van der Waals surface area contributed by atoms with E-state index in [1.165, 1.54) is 11.8 Å². The summed E-state index contributed by atoms with van der Waals surface area (Å²) < 4.78 is 33.3. The lowest BCUT2D eigenvalue weighted by molar-refractivity contribution is -0.131. The standard InChI is InChI=1S/C16H11NO4S3/c18-14-9-23-13-8-12(17-24(19,20)15-6-3-7-22-15)10-4-1-2-5-11(10)16(13)21-14/h1-8,17H,9H2. The van der Waals surface area contributed by atoms with Gasteiger partial charge < -0.3 is 4.74 Å². The van der Waals surface area contributed by atoms with Gasteiger partial charge in [0.05, 0.1) is 16.3 Å². The number of esters is 1. The van der Waals surface area contributed by atoms with Crippen LogP contribution in [0.3, 0.4) is 0 Å². The Morgan fingerprint density at radius 2 is 1.88 bits per heavy atom. The van der Waals surface area contributed by atoms with Crippen LogP contribution in [0.5, 0.6) is 5.75 Å². The van der Waals surface area contributed by atoms with Crippen molar-refractivity contribution in [3.8, 4) is 5.75 Å². The van der Waals surface area contributed by atoms with Crippen LogP contribution in [0.1, 0.15) is 0 Å². The van der Waals surface area contributed by atoms with E-state index >= 15 is 0 Å². The van der Waals surface area contributed by atoms with E-state index in [0.717, 1.165) is 16.2 Å². The van der Waals surface area contributed by atoms with Gasteiger partial charge in [-0.25, -0.2) is 8.42 Å². The number of hydrogen-bond donors (Lipinski definition) is 1. The fraction of sp³-hybridized carbons (Fsp3) is 0.0625. The molecule has 122 valence electrons. The molecule has 0 bridgehead atoms. The van der Waals surface area contributed by atoms with Gasteiger partial charge in [-0.2, -0.15) is 0 Å². The first-order valence-corrected chi connectivity index (χ1v) is 10.3. The monoisotopic (exact) mass is 377 g/mol. The normalized spacial score (nSPS) is 14.2. The zero-order valence-electron chi connectivity index (χ0n) is 12.2. The molecule has 5 nitrogen and oxygen atoms in total. The Morgan fingerprint density at radius 1 is 1.08 bits per heavy atom. The van der Waals surface area contributed by atoms with E-state index in [4.69, 9.17) is 4.74 Å². The number of thiophene rings is 1. The molecule has 1 aliphatic heterocycles. The third-order valence-corrected chi connectivity index (χ3v) is 7.28. The smallest absolute Gasteiger partial charge is 0.321 e. The van der Waals surface area contributed by atoms with Crippen LogP contribution >= 0.6 is 23.1 Å². The quantitative estimate of drug-likeness (QED) is 0.556. The Balaban J connectivity index is 1.88. The van der Waals surface area contributed by atoms with E-state index in [-0.39, 0.29) is 15.9 Å². The molecule has 1 N–H and O–H groups in total. The van der Waals surface area contributed by atoms with Crippen LogP contribution in [0.15, 0.2) is 56.9 Å². The van der Waals surface area contributed by atoms with Crippen LogP contribution in [-0.2, 0) is 14.8 Å². The van der Waals surface area contributed by atoms with Crippen molar-refractivity contribution in [1.82, 2.24) is 0 Å². The molecule has 1 aliphatic rings. The predicted octanol–water partition coefficient (Wildman–Crippen LogP) is 3.71. The molecule has 0 fully saturated rings. The number of sulfonamides is 1. The van der Waals surface area contributed by atoms with Crippen molar-refractivity contribution in [2.24, 2.45) is 0 Å². The molecular formula is C16H11NO4S3. The van der Waals surface area contributed by atoms with Crippen LogP contribution in [0.25, 0.3) is 10.8 Å². The number of nitrogens with one attached hydrogen (secondary N) is 1. The molecule has 24 heavy (non-hydrogen) atoms. The summed E-state index contributed by atoms with van der Waals surface area (Å²) in [4.78, 5) is 12.3. The van der Waals surface area contributed by atoms with Crippen LogP contribution < -0.4 is 9.46 Å². The third-order valence-electron chi connectivity index (χ3n) is 3.53. The van der Waals surface area contributed by atoms with Gasteiger partial charge in [-0.15, -0.1) is 23.1 Å². The summed E-state index contributed by atoms with van der Waals surface area (Å²) in [5.41, 5.74) is 0.475. The van der Waals surface area contributed by atoms with Gasteiger partial charge in [0.2, 0.25) is 0 Å². The largest absolute Gasteiger partial charge is 0.424 e. The van der Waals surface area contributed by atoms with E-state index in [9.17, 15) is 13.2 Å². The van der Waals surface area contributed by atoms with E-state index < -0.39 is 10.0 Å². The van der Waals surface area contributed by atoms with Crippen molar-refractivity contribution in [3.63, 3.8) is 0 Å². The van der Waals surface area contributed by atoms with E-state index in [0.29, 0.717) is 22.2 Å². The molecule has 0 spiro atoms. The van der Waals surface area contributed by atoms with Crippen LogP contribution in [0.4, 0.5) is 5.69 Å². The zero-order valence-corrected chi connectivity index (χ0v) is 14.6. The number of ether oxygens (including phenoxy) is 1. The number of fused-ring (bicyclic) bond motifs is 3. The van der Waals surface area contributed by atoms with Crippen LogP contribution in [0, 0.1) is 0 Å². The minimum absolute atomic E-state index is 0.211. The summed E-state index contributed by atoms with van der Waals surface area (Å²) in [5, 5.41) is 3.11. The third kappa shape index (κ3) is 2.66. The van der Waals surface area contributed by atoms with Gasteiger partial charge in [-0.1, -0.05) is 30.3 Å². The Labute approximate surface area is 146 Å². The molecule has 0 aliphatic carbocycles. The highest BCUT2D eigenvalue weighted by Gasteiger charge is 2.24. The predicted molar refractivity (Wildman–Crippen MR) is 95.4 cm³/mol. The van der Waals surface area contributed by atoms with Gasteiger partial charge in [-0.3, -0.25) is 9.52 Å². The Morgan fingerprint density at radius 3 is 2.62 bits per heavy atom. The van der Waals surface area contributed by atoms with E-state index in [1.54, 1.807) is 29.6 Å². The molecule has 0 unspecified atom stereocenters. The number of benzene rings is 2. The Hall–Kier alpha value is -2.03. The average molecular weight is 377 g/mol. The molecule has 0 atom stereocenters. The van der Waals surface area contributed by atoms with Gasteiger partial charge >= 0.3 is 5.97 Å². The molecular weight excluding hydrogens is 366 g/mol.